The topological polar surface area (TPSA) is 29.1 Å². The maximum Gasteiger partial charge on any atom is 0.224 e. The number of rotatable bonds is 0. The number of fused-ring (bicyclic) bond motifs is 2. The van der Waals surface area contributed by atoms with Crippen molar-refractivity contribution in [1.29, 1.82) is 0 Å². The van der Waals surface area contributed by atoms with Crippen LogP contribution in [0.4, 0.5) is 0 Å². The van der Waals surface area contributed by atoms with Crippen LogP contribution in [0, 0.1) is 0 Å². The zero-order valence-corrected chi connectivity index (χ0v) is 10.7. The predicted octanol–water partition coefficient (Wildman–Crippen LogP) is 3.56. The fourth-order valence-corrected chi connectivity index (χ4v) is 3.01. The molecular weight excluding hydrogens is 257 g/mol. The molecule has 0 bridgehead atoms. The van der Waals surface area contributed by atoms with E-state index >= 15 is 0 Å². The van der Waals surface area contributed by atoms with Crippen molar-refractivity contribution < 1.29 is 4.79 Å². The zero-order valence-electron chi connectivity index (χ0n) is 9.15. The Bertz CT molecular complexity index is 549. The minimum absolute atomic E-state index is 0.118. The lowest BCUT2D eigenvalue weighted by molar-refractivity contribution is -0.120. The second kappa shape index (κ2) is 4.04. The number of benzene rings is 1. The van der Waals surface area contributed by atoms with Gasteiger partial charge in [-0.25, -0.2) is 0 Å². The normalized spacial score (nSPS) is 18.6. The van der Waals surface area contributed by atoms with Gasteiger partial charge in [-0.15, -0.1) is 0 Å². The van der Waals surface area contributed by atoms with E-state index < -0.39 is 0 Å². The summed E-state index contributed by atoms with van der Waals surface area (Å²) in [6.45, 7) is 0. The van der Waals surface area contributed by atoms with Gasteiger partial charge >= 0.3 is 0 Å². The molecule has 0 spiro atoms. The number of carbonyl (C=O) groups excluding carboxylic acids is 1. The number of nitrogens with one attached hydrogen (secondary N) is 1. The summed E-state index contributed by atoms with van der Waals surface area (Å²) >= 11 is 12.3. The first kappa shape index (κ1) is 11.1. The summed E-state index contributed by atoms with van der Waals surface area (Å²) < 4.78 is 0. The third kappa shape index (κ3) is 1.76. The van der Waals surface area contributed by atoms with Crippen LogP contribution in [-0.4, -0.2) is 5.91 Å². The molecule has 0 unspecified atom stereocenters. The highest BCUT2D eigenvalue weighted by Gasteiger charge is 2.26. The van der Waals surface area contributed by atoms with E-state index in [4.69, 9.17) is 23.2 Å². The van der Waals surface area contributed by atoms with Gasteiger partial charge in [0.2, 0.25) is 5.91 Å². The highest BCUT2D eigenvalue weighted by Crippen LogP contribution is 2.40. The van der Waals surface area contributed by atoms with Crippen LogP contribution in [0.25, 0.3) is 5.57 Å². The van der Waals surface area contributed by atoms with Crippen LogP contribution in [0.3, 0.4) is 0 Å². The Morgan fingerprint density at radius 1 is 1.06 bits per heavy atom. The van der Waals surface area contributed by atoms with Crippen LogP contribution < -0.4 is 5.32 Å². The number of amides is 1. The van der Waals surface area contributed by atoms with Gasteiger partial charge in [0.1, 0.15) is 0 Å². The smallest absolute Gasteiger partial charge is 0.224 e. The molecule has 3 rings (SSSR count). The number of carbonyl (C=O) groups is 1. The first-order valence-corrected chi connectivity index (χ1v) is 6.41. The lowest BCUT2D eigenvalue weighted by atomic mass is 9.84. The Balaban J connectivity index is 2.15. The van der Waals surface area contributed by atoms with Crippen LogP contribution in [0.5, 0.6) is 0 Å². The zero-order chi connectivity index (χ0) is 12.0. The third-order valence-electron chi connectivity index (χ3n) is 3.40. The average Bonchev–Trinajstić information content (AvgIpc) is 2.33. The lowest BCUT2D eigenvalue weighted by Gasteiger charge is -2.28. The van der Waals surface area contributed by atoms with Crippen molar-refractivity contribution in [2.24, 2.45) is 0 Å². The maximum atomic E-state index is 11.4. The molecule has 1 aliphatic carbocycles. The van der Waals surface area contributed by atoms with E-state index in [2.05, 4.69) is 5.32 Å². The molecule has 2 nitrogen and oxygen atoms in total. The van der Waals surface area contributed by atoms with E-state index in [1.807, 2.05) is 12.1 Å². The number of allylic oxidation sites excluding steroid dienone is 2. The maximum absolute atomic E-state index is 11.4. The largest absolute Gasteiger partial charge is 0.329 e. The molecular formula is C13H11Cl2NO. The summed E-state index contributed by atoms with van der Waals surface area (Å²) in [6.07, 6.45) is 3.03. The fourth-order valence-electron chi connectivity index (χ4n) is 2.58. The van der Waals surface area contributed by atoms with Crippen molar-refractivity contribution in [3.8, 4) is 0 Å². The van der Waals surface area contributed by atoms with Crippen molar-refractivity contribution >= 4 is 34.7 Å². The molecule has 1 aromatic carbocycles. The second-order valence-corrected chi connectivity index (χ2v) is 5.18. The molecule has 1 aliphatic heterocycles. The number of hydrogen-bond acceptors (Lipinski definition) is 1. The van der Waals surface area contributed by atoms with E-state index in [1.54, 1.807) is 0 Å². The van der Waals surface area contributed by atoms with Crippen molar-refractivity contribution in [2.45, 2.75) is 25.7 Å². The van der Waals surface area contributed by atoms with Crippen LogP contribution >= 0.6 is 23.2 Å². The first-order valence-electron chi connectivity index (χ1n) is 5.66. The highest BCUT2D eigenvalue weighted by atomic mass is 35.5. The molecule has 0 radical (unpaired) electrons. The summed E-state index contributed by atoms with van der Waals surface area (Å²) in [5.41, 5.74) is 4.56. The molecule has 88 valence electrons. The minimum atomic E-state index is 0.118. The molecule has 0 atom stereocenters. The van der Waals surface area contributed by atoms with Crippen molar-refractivity contribution in [2.75, 3.05) is 0 Å². The SMILES string of the molecule is O=C1CCC2=C(CCc3c2ccc(Cl)c3Cl)N1. The van der Waals surface area contributed by atoms with Gasteiger partial charge in [-0.05, 0) is 42.0 Å². The minimum Gasteiger partial charge on any atom is -0.329 e. The lowest BCUT2D eigenvalue weighted by Crippen LogP contribution is -2.29. The molecule has 2 aliphatic rings. The van der Waals surface area contributed by atoms with Crippen molar-refractivity contribution in [3.63, 3.8) is 0 Å². The average molecular weight is 268 g/mol. The molecule has 0 saturated carbocycles. The Morgan fingerprint density at radius 3 is 2.71 bits per heavy atom. The predicted molar refractivity (Wildman–Crippen MR) is 69.1 cm³/mol. The van der Waals surface area contributed by atoms with Gasteiger partial charge < -0.3 is 5.32 Å². The first-order chi connectivity index (χ1) is 8.16. The van der Waals surface area contributed by atoms with Crippen LogP contribution in [-0.2, 0) is 11.2 Å². The molecule has 17 heavy (non-hydrogen) atoms. The molecule has 1 N–H and O–H groups in total. The van der Waals surface area contributed by atoms with Crippen LogP contribution in [0.2, 0.25) is 10.0 Å². The quantitative estimate of drug-likeness (QED) is 0.765. The van der Waals surface area contributed by atoms with Crippen molar-refractivity contribution in [3.05, 3.63) is 39.0 Å². The van der Waals surface area contributed by atoms with Gasteiger partial charge in [-0.1, -0.05) is 29.3 Å². The van der Waals surface area contributed by atoms with Gasteiger partial charge in [0.05, 0.1) is 10.0 Å². The van der Waals surface area contributed by atoms with E-state index in [1.165, 1.54) is 5.57 Å². The van der Waals surface area contributed by atoms with Gasteiger partial charge in [-0.3, -0.25) is 4.79 Å². The fraction of sp³-hybridized carbons (Fsp3) is 0.308. The van der Waals surface area contributed by atoms with E-state index in [-0.39, 0.29) is 5.91 Å². The summed E-state index contributed by atoms with van der Waals surface area (Å²) in [4.78, 5) is 11.4. The molecule has 1 heterocycles. The molecule has 0 saturated heterocycles. The highest BCUT2D eigenvalue weighted by molar-refractivity contribution is 6.42. The van der Waals surface area contributed by atoms with Crippen LogP contribution in [0.15, 0.2) is 17.8 Å². The molecule has 1 aromatic rings. The molecule has 0 aromatic heterocycles. The monoisotopic (exact) mass is 267 g/mol. The second-order valence-electron chi connectivity index (χ2n) is 4.39. The summed E-state index contributed by atoms with van der Waals surface area (Å²) in [5.74, 6) is 0.118. The standard InChI is InChI=1S/C13H11Cl2NO/c14-10-4-1-7-8-3-6-12(17)16-11(8)5-2-9(7)13(10)15/h1,4H,2-3,5-6H2,(H,16,17). The Kier molecular flexibility index (Phi) is 2.64. The van der Waals surface area contributed by atoms with Gasteiger partial charge in [0, 0.05) is 12.1 Å². The van der Waals surface area contributed by atoms with Gasteiger partial charge in [0.25, 0.3) is 0 Å². The van der Waals surface area contributed by atoms with Crippen LogP contribution in [0.1, 0.15) is 30.4 Å². The summed E-state index contributed by atoms with van der Waals surface area (Å²) in [7, 11) is 0. The Labute approximate surface area is 110 Å². The number of halogens is 2. The van der Waals surface area contributed by atoms with E-state index in [0.29, 0.717) is 16.5 Å². The van der Waals surface area contributed by atoms with E-state index in [0.717, 1.165) is 36.1 Å². The number of hydrogen-bond donors (Lipinski definition) is 1. The molecule has 0 fully saturated rings. The molecule has 4 heteroatoms. The van der Waals surface area contributed by atoms with E-state index in [9.17, 15) is 4.79 Å². The Hall–Kier alpha value is -0.990. The third-order valence-corrected chi connectivity index (χ3v) is 4.25. The van der Waals surface area contributed by atoms with Gasteiger partial charge in [-0.2, -0.15) is 0 Å². The summed E-state index contributed by atoms with van der Waals surface area (Å²) in [6, 6.07) is 3.84. The summed E-state index contributed by atoms with van der Waals surface area (Å²) in [5, 5.41) is 4.22. The Morgan fingerprint density at radius 2 is 1.88 bits per heavy atom. The van der Waals surface area contributed by atoms with Crippen molar-refractivity contribution in [1.82, 2.24) is 5.32 Å². The van der Waals surface area contributed by atoms with Gasteiger partial charge in [0.15, 0.2) is 0 Å². The molecule has 1 amide bonds.